The van der Waals surface area contributed by atoms with Crippen LogP contribution < -0.4 is 11.1 Å². The Morgan fingerprint density at radius 3 is 2.85 bits per heavy atom. The summed E-state index contributed by atoms with van der Waals surface area (Å²) in [7, 11) is 0. The van der Waals surface area contributed by atoms with Crippen LogP contribution in [-0.2, 0) is 22.6 Å². The summed E-state index contributed by atoms with van der Waals surface area (Å²) in [5.41, 5.74) is 8.01. The third-order valence-electron chi connectivity index (χ3n) is 4.74. The molecule has 1 atom stereocenters. The van der Waals surface area contributed by atoms with Gasteiger partial charge in [-0.05, 0) is 18.4 Å². The molecule has 1 saturated heterocycles. The number of carbonyl (C=O) groups is 2. The molecule has 1 aromatic carbocycles. The minimum absolute atomic E-state index is 0.180. The van der Waals surface area contributed by atoms with Gasteiger partial charge in [0.2, 0.25) is 11.8 Å². The van der Waals surface area contributed by atoms with E-state index in [9.17, 15) is 9.59 Å². The lowest BCUT2D eigenvalue weighted by Gasteiger charge is -2.16. The second-order valence-electron chi connectivity index (χ2n) is 6.96. The molecule has 1 fully saturated rings. The second-order valence-corrected chi connectivity index (χ2v) is 6.96. The van der Waals surface area contributed by atoms with Gasteiger partial charge in [-0.3, -0.25) is 9.59 Å². The fourth-order valence-electron chi connectivity index (χ4n) is 3.26. The molecule has 0 radical (unpaired) electrons. The van der Waals surface area contributed by atoms with Crippen molar-refractivity contribution < 1.29 is 9.59 Å². The first-order valence-electron chi connectivity index (χ1n) is 9.47. The van der Waals surface area contributed by atoms with Gasteiger partial charge < -0.3 is 20.5 Å². The molecule has 0 bridgehead atoms. The van der Waals surface area contributed by atoms with E-state index < -0.39 is 6.04 Å². The molecule has 3 N–H and O–H groups in total. The van der Waals surface area contributed by atoms with Gasteiger partial charge in [0.05, 0.1) is 18.1 Å². The molecule has 1 aromatic heterocycles. The number of hydrogen-bond donors (Lipinski definition) is 2. The van der Waals surface area contributed by atoms with E-state index in [1.807, 2.05) is 33.9 Å². The summed E-state index contributed by atoms with van der Waals surface area (Å²) in [6, 6.07) is 9.51. The van der Waals surface area contributed by atoms with Crippen molar-refractivity contribution >= 4 is 11.8 Å². The molecule has 0 aliphatic carbocycles. The maximum Gasteiger partial charge on any atom is 0.237 e. The second kappa shape index (κ2) is 9.32. The Morgan fingerprint density at radius 1 is 1.30 bits per heavy atom. The highest BCUT2D eigenvalue weighted by Crippen LogP contribution is 2.09. The zero-order valence-corrected chi connectivity index (χ0v) is 15.5. The number of nitrogens with two attached hydrogens (primary N) is 1. The van der Waals surface area contributed by atoms with E-state index in [1.54, 1.807) is 6.33 Å². The van der Waals surface area contributed by atoms with Gasteiger partial charge >= 0.3 is 0 Å². The number of nitrogens with one attached hydrogen (secondary N) is 1. The van der Waals surface area contributed by atoms with E-state index in [4.69, 9.17) is 5.73 Å². The van der Waals surface area contributed by atoms with E-state index >= 15 is 0 Å². The Morgan fingerprint density at radius 2 is 2.11 bits per heavy atom. The molecule has 0 unspecified atom stereocenters. The van der Waals surface area contributed by atoms with Gasteiger partial charge in [-0.25, -0.2) is 4.98 Å². The zero-order chi connectivity index (χ0) is 19.1. The third kappa shape index (κ3) is 5.65. The van der Waals surface area contributed by atoms with Crippen LogP contribution in [0.3, 0.4) is 0 Å². The smallest absolute Gasteiger partial charge is 0.237 e. The van der Waals surface area contributed by atoms with Gasteiger partial charge in [0.25, 0.3) is 0 Å². The summed E-state index contributed by atoms with van der Waals surface area (Å²) < 4.78 is 1.99. The van der Waals surface area contributed by atoms with Crippen molar-refractivity contribution in [1.82, 2.24) is 19.8 Å². The maximum atomic E-state index is 12.2. The van der Waals surface area contributed by atoms with Crippen molar-refractivity contribution in [3.05, 3.63) is 54.1 Å². The Hall–Kier alpha value is -2.67. The summed E-state index contributed by atoms with van der Waals surface area (Å²) in [5, 5.41) is 2.85. The predicted molar refractivity (Wildman–Crippen MR) is 103 cm³/mol. The summed E-state index contributed by atoms with van der Waals surface area (Å²) in [5.74, 6) is 0.0319. The van der Waals surface area contributed by atoms with Crippen LogP contribution >= 0.6 is 0 Å². The molecule has 2 aromatic rings. The summed E-state index contributed by atoms with van der Waals surface area (Å²) in [6.45, 7) is 2.79. The first-order valence-corrected chi connectivity index (χ1v) is 9.47. The molecule has 1 aliphatic heterocycles. The molecule has 3 rings (SSSR count). The van der Waals surface area contributed by atoms with Crippen LogP contribution in [-0.4, -0.2) is 51.9 Å². The number of imidazole rings is 1. The lowest BCUT2D eigenvalue weighted by Crippen LogP contribution is -2.43. The number of hydrogen-bond acceptors (Lipinski definition) is 4. The number of rotatable bonds is 9. The van der Waals surface area contributed by atoms with Crippen molar-refractivity contribution in [2.75, 3.05) is 19.6 Å². The molecule has 27 heavy (non-hydrogen) atoms. The van der Waals surface area contributed by atoms with Crippen molar-refractivity contribution in [1.29, 1.82) is 0 Å². The molecule has 0 saturated carbocycles. The fraction of sp³-hybridized carbons (Fsp3) is 0.450. The molecule has 2 amide bonds. The molecule has 2 heterocycles. The first-order chi connectivity index (χ1) is 13.1. The molecular formula is C20H27N5O2. The van der Waals surface area contributed by atoms with Crippen LogP contribution in [0.15, 0.2) is 42.9 Å². The van der Waals surface area contributed by atoms with E-state index in [0.717, 1.165) is 31.6 Å². The van der Waals surface area contributed by atoms with Crippen molar-refractivity contribution in [2.24, 2.45) is 5.73 Å². The molecule has 7 nitrogen and oxygen atoms in total. The van der Waals surface area contributed by atoms with Crippen LogP contribution in [0.1, 0.15) is 30.5 Å². The SMILES string of the molecule is N[C@@H](Cc1cn(Cc2ccccc2)cn1)C(=O)NCCCN1CCCC1=O. The number of carbonyl (C=O) groups excluding carboxylic acids is 2. The summed E-state index contributed by atoms with van der Waals surface area (Å²) >= 11 is 0. The van der Waals surface area contributed by atoms with E-state index in [1.165, 1.54) is 5.56 Å². The van der Waals surface area contributed by atoms with Gasteiger partial charge in [0.1, 0.15) is 0 Å². The highest BCUT2D eigenvalue weighted by Gasteiger charge is 2.19. The van der Waals surface area contributed by atoms with Gasteiger partial charge in [0.15, 0.2) is 0 Å². The van der Waals surface area contributed by atoms with E-state index in [0.29, 0.717) is 25.9 Å². The van der Waals surface area contributed by atoms with Crippen LogP contribution in [0.4, 0.5) is 0 Å². The van der Waals surface area contributed by atoms with Crippen molar-refractivity contribution in [3.8, 4) is 0 Å². The van der Waals surface area contributed by atoms with Gasteiger partial charge in [0, 0.05) is 45.2 Å². The summed E-state index contributed by atoms with van der Waals surface area (Å²) in [6.07, 6.45) is 6.43. The molecule has 0 spiro atoms. The number of aromatic nitrogens is 2. The lowest BCUT2D eigenvalue weighted by molar-refractivity contribution is -0.127. The minimum atomic E-state index is -0.626. The standard InChI is InChI=1S/C20H27N5O2/c21-18(20(27)22-9-5-11-25-10-4-8-19(25)26)12-17-14-24(15-23-17)13-16-6-2-1-3-7-16/h1-3,6-7,14-15,18H,4-5,8-13,21H2,(H,22,27)/t18-/m0/s1. The number of amides is 2. The van der Waals surface area contributed by atoms with Crippen molar-refractivity contribution in [2.45, 2.75) is 38.3 Å². The average Bonchev–Trinajstić information content (AvgIpc) is 3.28. The Bertz CT molecular complexity index is 759. The normalized spacial score (nSPS) is 15.1. The predicted octanol–water partition coefficient (Wildman–Crippen LogP) is 0.930. The first kappa shape index (κ1) is 19.1. The molecular weight excluding hydrogens is 342 g/mol. The quantitative estimate of drug-likeness (QED) is 0.643. The van der Waals surface area contributed by atoms with E-state index in [2.05, 4.69) is 22.4 Å². The van der Waals surface area contributed by atoms with Gasteiger partial charge in [-0.1, -0.05) is 30.3 Å². The van der Waals surface area contributed by atoms with Crippen LogP contribution in [0.2, 0.25) is 0 Å². The molecule has 1 aliphatic rings. The fourth-order valence-corrected chi connectivity index (χ4v) is 3.26. The Balaban J connectivity index is 1.38. The lowest BCUT2D eigenvalue weighted by atomic mass is 10.1. The number of nitrogens with zero attached hydrogens (tertiary/aromatic N) is 3. The van der Waals surface area contributed by atoms with E-state index in [-0.39, 0.29) is 11.8 Å². The third-order valence-corrected chi connectivity index (χ3v) is 4.74. The largest absolute Gasteiger partial charge is 0.355 e. The summed E-state index contributed by atoms with van der Waals surface area (Å²) in [4.78, 5) is 29.9. The van der Waals surface area contributed by atoms with Crippen LogP contribution in [0, 0.1) is 0 Å². The maximum absolute atomic E-state index is 12.2. The minimum Gasteiger partial charge on any atom is -0.355 e. The van der Waals surface area contributed by atoms with Gasteiger partial charge in [-0.2, -0.15) is 0 Å². The highest BCUT2D eigenvalue weighted by molar-refractivity contribution is 5.81. The number of benzene rings is 1. The van der Waals surface area contributed by atoms with Crippen LogP contribution in [0.25, 0.3) is 0 Å². The topological polar surface area (TPSA) is 93.2 Å². The van der Waals surface area contributed by atoms with Gasteiger partial charge in [-0.15, -0.1) is 0 Å². The number of likely N-dealkylation sites (tertiary alicyclic amines) is 1. The van der Waals surface area contributed by atoms with Crippen molar-refractivity contribution in [3.63, 3.8) is 0 Å². The monoisotopic (exact) mass is 369 g/mol. The Kier molecular flexibility index (Phi) is 6.59. The molecule has 7 heteroatoms. The zero-order valence-electron chi connectivity index (χ0n) is 15.5. The van der Waals surface area contributed by atoms with Crippen LogP contribution in [0.5, 0.6) is 0 Å². The Labute approximate surface area is 159 Å². The highest BCUT2D eigenvalue weighted by atomic mass is 16.2. The molecule has 144 valence electrons. The average molecular weight is 369 g/mol.